The number of alkyl halides is 3. The second kappa shape index (κ2) is 11.7. The molecule has 0 spiro atoms. The normalized spacial score (nSPS) is 11.7. The molecule has 0 aliphatic heterocycles. The smallest absolute Gasteiger partial charge is 0.357 e. The predicted molar refractivity (Wildman–Crippen MR) is 126 cm³/mol. The lowest BCUT2D eigenvalue weighted by atomic mass is 10.1. The van der Waals surface area contributed by atoms with E-state index in [-0.39, 0.29) is 30.5 Å². The Bertz CT molecular complexity index is 937. The van der Waals surface area contributed by atoms with E-state index in [1.54, 1.807) is 12.5 Å². The monoisotopic (exact) mass is 543 g/mol. The largest absolute Gasteiger partial charge is 0.416 e. The van der Waals surface area contributed by atoms with Gasteiger partial charge in [-0.25, -0.2) is 9.98 Å². The molecule has 31 heavy (non-hydrogen) atoms. The molecule has 0 saturated heterocycles. The van der Waals surface area contributed by atoms with Gasteiger partial charge in [-0.15, -0.1) is 24.0 Å². The Morgan fingerprint density at radius 3 is 2.19 bits per heavy atom. The Balaban J connectivity index is 0.00000341. The molecule has 0 saturated carbocycles. The Morgan fingerprint density at radius 1 is 0.968 bits per heavy atom. The molecule has 1 aromatic heterocycles. The van der Waals surface area contributed by atoms with Crippen molar-refractivity contribution >= 4 is 29.9 Å². The Hall–Kier alpha value is -2.56. The molecule has 0 bridgehead atoms. The third-order valence-electron chi connectivity index (χ3n) is 4.45. The number of imidazole rings is 1. The molecule has 2 aromatic carbocycles. The lowest BCUT2D eigenvalue weighted by molar-refractivity contribution is -0.137. The van der Waals surface area contributed by atoms with Gasteiger partial charge in [-0.1, -0.05) is 36.4 Å². The van der Waals surface area contributed by atoms with E-state index in [1.807, 2.05) is 17.7 Å². The molecule has 0 fully saturated rings. The summed E-state index contributed by atoms with van der Waals surface area (Å²) < 4.78 is 40.0. The summed E-state index contributed by atoms with van der Waals surface area (Å²) >= 11 is 0. The van der Waals surface area contributed by atoms with Crippen LogP contribution in [0.25, 0.3) is 0 Å². The molecular weight excluding hydrogens is 518 g/mol. The highest BCUT2D eigenvalue weighted by Crippen LogP contribution is 2.29. The SMILES string of the molecule is CCNC(=NCc1ccc(C(F)(F)F)cc1)NCc1ccc(Cn2ccnc2)cc1.I. The maximum atomic E-state index is 12.7. The molecule has 0 amide bonds. The van der Waals surface area contributed by atoms with E-state index >= 15 is 0 Å². The zero-order valence-electron chi connectivity index (χ0n) is 17.1. The Morgan fingerprint density at radius 2 is 1.61 bits per heavy atom. The molecule has 5 nitrogen and oxygen atoms in total. The fraction of sp³-hybridized carbons (Fsp3) is 0.273. The number of hydrogen-bond donors (Lipinski definition) is 2. The van der Waals surface area contributed by atoms with Gasteiger partial charge < -0.3 is 15.2 Å². The number of nitrogens with zero attached hydrogens (tertiary/aromatic N) is 3. The maximum Gasteiger partial charge on any atom is 0.416 e. The highest BCUT2D eigenvalue weighted by Gasteiger charge is 2.29. The summed E-state index contributed by atoms with van der Waals surface area (Å²) in [5.74, 6) is 0.611. The minimum atomic E-state index is -4.33. The summed E-state index contributed by atoms with van der Waals surface area (Å²) in [6, 6.07) is 13.3. The number of aliphatic imine (C=N–C) groups is 1. The van der Waals surface area contributed by atoms with Crippen LogP contribution in [0.2, 0.25) is 0 Å². The number of rotatable bonds is 7. The van der Waals surface area contributed by atoms with Crippen molar-refractivity contribution in [1.29, 1.82) is 0 Å². The van der Waals surface area contributed by atoms with Crippen LogP contribution in [0.5, 0.6) is 0 Å². The Kier molecular flexibility index (Phi) is 9.35. The van der Waals surface area contributed by atoms with Crippen LogP contribution in [0, 0.1) is 0 Å². The first-order valence-electron chi connectivity index (χ1n) is 9.66. The second-order valence-electron chi connectivity index (χ2n) is 6.79. The van der Waals surface area contributed by atoms with Crippen molar-refractivity contribution in [3.05, 3.63) is 89.5 Å². The number of guanidine groups is 1. The van der Waals surface area contributed by atoms with Crippen LogP contribution in [0.15, 0.2) is 72.2 Å². The van der Waals surface area contributed by atoms with Crippen molar-refractivity contribution in [2.24, 2.45) is 4.99 Å². The molecule has 0 unspecified atom stereocenters. The molecule has 0 aliphatic carbocycles. The van der Waals surface area contributed by atoms with Gasteiger partial charge in [0.1, 0.15) is 0 Å². The van der Waals surface area contributed by atoms with Crippen LogP contribution in [0.3, 0.4) is 0 Å². The van der Waals surface area contributed by atoms with Crippen molar-refractivity contribution < 1.29 is 13.2 Å². The minimum absolute atomic E-state index is 0. The molecule has 0 radical (unpaired) electrons. The van der Waals surface area contributed by atoms with E-state index < -0.39 is 11.7 Å². The highest BCUT2D eigenvalue weighted by atomic mass is 127. The van der Waals surface area contributed by atoms with Gasteiger partial charge in [-0.05, 0) is 35.7 Å². The first kappa shape index (κ1) is 24.7. The average Bonchev–Trinajstić information content (AvgIpc) is 3.24. The van der Waals surface area contributed by atoms with Gasteiger partial charge in [0.15, 0.2) is 5.96 Å². The molecule has 3 aromatic rings. The lowest BCUT2D eigenvalue weighted by Gasteiger charge is -2.12. The van der Waals surface area contributed by atoms with E-state index in [9.17, 15) is 13.2 Å². The van der Waals surface area contributed by atoms with Gasteiger partial charge in [0.05, 0.1) is 18.4 Å². The minimum Gasteiger partial charge on any atom is -0.357 e. The van der Waals surface area contributed by atoms with E-state index in [1.165, 1.54) is 17.7 Å². The van der Waals surface area contributed by atoms with Gasteiger partial charge >= 0.3 is 6.18 Å². The van der Waals surface area contributed by atoms with Gasteiger partial charge in [0.25, 0.3) is 0 Å². The van der Waals surface area contributed by atoms with Crippen molar-refractivity contribution in [2.75, 3.05) is 6.54 Å². The summed E-state index contributed by atoms with van der Waals surface area (Å²) in [6.45, 7) is 4.29. The molecule has 0 atom stereocenters. The summed E-state index contributed by atoms with van der Waals surface area (Å²) in [5.41, 5.74) is 2.34. The van der Waals surface area contributed by atoms with Crippen molar-refractivity contribution in [1.82, 2.24) is 20.2 Å². The van der Waals surface area contributed by atoms with Crippen LogP contribution in [0.1, 0.15) is 29.2 Å². The van der Waals surface area contributed by atoms with Crippen LogP contribution in [-0.4, -0.2) is 22.1 Å². The third-order valence-corrected chi connectivity index (χ3v) is 4.45. The van der Waals surface area contributed by atoms with Gasteiger partial charge in [0, 0.05) is 32.0 Å². The molecule has 9 heteroatoms. The molecule has 1 heterocycles. The number of aromatic nitrogens is 2. The highest BCUT2D eigenvalue weighted by molar-refractivity contribution is 14.0. The number of benzene rings is 2. The van der Waals surface area contributed by atoms with E-state index in [0.717, 1.165) is 24.2 Å². The summed E-state index contributed by atoms with van der Waals surface area (Å²) in [6.07, 6.45) is 1.13. The second-order valence-corrected chi connectivity index (χ2v) is 6.79. The maximum absolute atomic E-state index is 12.7. The predicted octanol–water partition coefficient (Wildman–Crippen LogP) is 4.82. The summed E-state index contributed by atoms with van der Waals surface area (Å²) in [7, 11) is 0. The van der Waals surface area contributed by atoms with E-state index in [2.05, 4.69) is 44.9 Å². The molecule has 2 N–H and O–H groups in total. The first-order chi connectivity index (χ1) is 14.4. The number of halogens is 4. The Labute approximate surface area is 196 Å². The molecule has 166 valence electrons. The summed E-state index contributed by atoms with van der Waals surface area (Å²) in [5, 5.41) is 6.40. The quantitative estimate of drug-likeness (QED) is 0.255. The van der Waals surface area contributed by atoms with Crippen LogP contribution in [-0.2, 0) is 25.8 Å². The molecule has 3 rings (SSSR count). The fourth-order valence-electron chi connectivity index (χ4n) is 2.85. The molecular formula is C22H25F3IN5. The fourth-order valence-corrected chi connectivity index (χ4v) is 2.85. The topological polar surface area (TPSA) is 54.2 Å². The zero-order chi connectivity index (χ0) is 21.4. The van der Waals surface area contributed by atoms with Crippen molar-refractivity contribution in [3.8, 4) is 0 Å². The number of nitrogens with one attached hydrogen (secondary N) is 2. The van der Waals surface area contributed by atoms with Crippen molar-refractivity contribution in [2.45, 2.75) is 32.7 Å². The summed E-state index contributed by atoms with van der Waals surface area (Å²) in [4.78, 5) is 8.50. The van der Waals surface area contributed by atoms with Gasteiger partial charge in [-0.2, -0.15) is 13.2 Å². The lowest BCUT2D eigenvalue weighted by Crippen LogP contribution is -2.36. The van der Waals surface area contributed by atoms with Gasteiger partial charge in [0.2, 0.25) is 0 Å². The van der Waals surface area contributed by atoms with E-state index in [4.69, 9.17) is 0 Å². The van der Waals surface area contributed by atoms with Crippen LogP contribution in [0.4, 0.5) is 13.2 Å². The zero-order valence-corrected chi connectivity index (χ0v) is 19.4. The van der Waals surface area contributed by atoms with Crippen LogP contribution >= 0.6 is 24.0 Å². The average molecular weight is 543 g/mol. The van der Waals surface area contributed by atoms with E-state index in [0.29, 0.717) is 24.6 Å². The van der Waals surface area contributed by atoms with Crippen molar-refractivity contribution in [3.63, 3.8) is 0 Å². The third kappa shape index (κ3) is 7.89. The number of hydrogen-bond acceptors (Lipinski definition) is 2. The molecule has 0 aliphatic rings. The standard InChI is InChI=1S/C22H24F3N5.HI/c1-2-27-21(29-14-18-7-9-20(10-8-18)22(23,24)25)28-13-17-3-5-19(6-4-17)15-30-12-11-26-16-30;/h3-12,16H,2,13-15H2,1H3,(H2,27,28,29);1H. The van der Waals surface area contributed by atoms with Crippen LogP contribution < -0.4 is 10.6 Å². The van der Waals surface area contributed by atoms with Gasteiger partial charge in [-0.3, -0.25) is 0 Å². The first-order valence-corrected chi connectivity index (χ1v) is 9.66.